The summed E-state index contributed by atoms with van der Waals surface area (Å²) in [7, 11) is 0. The molecule has 1 aromatic rings. The molecule has 8 bridgehead atoms. The van der Waals surface area contributed by atoms with Crippen LogP contribution < -0.4 is 21.7 Å². The first kappa shape index (κ1) is 16.0. The van der Waals surface area contributed by atoms with Crippen molar-refractivity contribution in [1.82, 2.24) is 10.3 Å². The first-order chi connectivity index (χ1) is 13.2. The van der Waals surface area contributed by atoms with Crippen LogP contribution in [0.5, 0.6) is 0 Å². The van der Waals surface area contributed by atoms with Crippen molar-refractivity contribution in [2.24, 2.45) is 15.7 Å². The second kappa shape index (κ2) is 6.21. The van der Waals surface area contributed by atoms with E-state index in [1.54, 1.807) is 0 Å². The Hall–Kier alpha value is -3.18. The number of nitrogens with one attached hydrogen (secondary N) is 2. The topological polar surface area (TPSA) is 78.6 Å². The number of hydrogen-bond acceptors (Lipinski definition) is 4. The normalized spacial score (nSPS) is 25.0. The molecule has 5 heteroatoms. The first-order valence-corrected chi connectivity index (χ1v) is 9.25. The van der Waals surface area contributed by atoms with Crippen LogP contribution in [0.1, 0.15) is 12.8 Å². The molecule has 0 amide bonds. The van der Waals surface area contributed by atoms with Crippen molar-refractivity contribution in [3.63, 3.8) is 0 Å². The molecular weight excluding hydrogens is 334 g/mol. The summed E-state index contributed by atoms with van der Waals surface area (Å²) in [6.45, 7) is 0.614. The highest BCUT2D eigenvalue weighted by molar-refractivity contribution is 6.20. The van der Waals surface area contributed by atoms with Gasteiger partial charge in [-0.15, -0.1) is 0 Å². The summed E-state index contributed by atoms with van der Waals surface area (Å²) >= 11 is 0. The van der Waals surface area contributed by atoms with Crippen LogP contribution in [0.3, 0.4) is 0 Å². The maximum absolute atomic E-state index is 5.91. The van der Waals surface area contributed by atoms with Crippen LogP contribution in [0, 0.1) is 0 Å². The van der Waals surface area contributed by atoms with E-state index < -0.39 is 0 Å². The molecule has 0 aliphatic carbocycles. The van der Waals surface area contributed by atoms with E-state index in [1.807, 2.05) is 24.3 Å². The molecule has 0 saturated heterocycles. The van der Waals surface area contributed by atoms with Gasteiger partial charge in [0.05, 0.1) is 28.4 Å². The van der Waals surface area contributed by atoms with Crippen molar-refractivity contribution in [1.29, 1.82) is 0 Å². The van der Waals surface area contributed by atoms with Crippen LogP contribution in [0.4, 0.5) is 0 Å². The number of hydrogen-bond donors (Lipinski definition) is 3. The van der Waals surface area contributed by atoms with Gasteiger partial charge in [0, 0.05) is 16.4 Å². The molecule has 0 aromatic carbocycles. The van der Waals surface area contributed by atoms with Gasteiger partial charge in [0.1, 0.15) is 0 Å². The maximum atomic E-state index is 5.91. The van der Waals surface area contributed by atoms with Gasteiger partial charge in [0.15, 0.2) is 0 Å². The smallest absolute Gasteiger partial charge is 0.0658 e. The minimum absolute atomic E-state index is 0.197. The van der Waals surface area contributed by atoms with E-state index in [9.17, 15) is 0 Å². The Bertz CT molecular complexity index is 1130. The first-order valence-electron chi connectivity index (χ1n) is 9.25. The number of aromatic amines is 1. The number of nitrogens with two attached hydrogens (primary N) is 1. The van der Waals surface area contributed by atoms with E-state index in [-0.39, 0.29) is 5.54 Å². The molecule has 27 heavy (non-hydrogen) atoms. The largest absolute Gasteiger partial charge is 0.376 e. The standard InChI is InChI=1S/C22H21N5/c23-10-9-22-8-7-20(27-22)13-19-4-3-16(25-19)11-15-1-2-17(24-15)12-18-5-6-21(14-22)26-18/h1-7,11-14,24,27H,8-10,23H2. The molecule has 1 aromatic heterocycles. The van der Waals surface area contributed by atoms with E-state index in [2.05, 4.69) is 52.8 Å². The predicted molar refractivity (Wildman–Crippen MR) is 111 cm³/mol. The zero-order chi connectivity index (χ0) is 18.3. The fourth-order valence-electron chi connectivity index (χ4n) is 3.84. The highest BCUT2D eigenvalue weighted by Gasteiger charge is 2.31. The third kappa shape index (κ3) is 3.17. The molecule has 5 nitrogen and oxygen atoms in total. The molecule has 0 saturated carbocycles. The molecule has 5 heterocycles. The van der Waals surface area contributed by atoms with Crippen LogP contribution >= 0.6 is 0 Å². The number of aromatic nitrogens is 1. The van der Waals surface area contributed by atoms with Crippen molar-refractivity contribution < 1.29 is 0 Å². The van der Waals surface area contributed by atoms with Crippen LogP contribution in [-0.2, 0) is 0 Å². The Morgan fingerprint density at radius 3 is 2.37 bits per heavy atom. The Kier molecular flexibility index (Phi) is 3.69. The quantitative estimate of drug-likeness (QED) is 0.749. The third-order valence-corrected chi connectivity index (χ3v) is 5.10. The number of aliphatic imine (C=N–C) groups is 2. The Morgan fingerprint density at radius 2 is 1.63 bits per heavy atom. The minimum Gasteiger partial charge on any atom is -0.376 e. The number of allylic oxidation sites excluding steroid dienone is 5. The van der Waals surface area contributed by atoms with E-state index in [0.717, 1.165) is 52.1 Å². The molecule has 0 spiro atoms. The monoisotopic (exact) mass is 355 g/mol. The molecular formula is C22H21N5. The lowest BCUT2D eigenvalue weighted by Crippen LogP contribution is -2.40. The zero-order valence-electron chi connectivity index (χ0n) is 14.9. The average Bonchev–Trinajstić information content (AvgIpc) is 3.40. The van der Waals surface area contributed by atoms with Gasteiger partial charge in [-0.1, -0.05) is 6.08 Å². The maximum Gasteiger partial charge on any atom is 0.0658 e. The summed E-state index contributed by atoms with van der Waals surface area (Å²) in [5.74, 6) is 0. The predicted octanol–water partition coefficient (Wildman–Crippen LogP) is 1.34. The lowest BCUT2D eigenvalue weighted by atomic mass is 9.92. The second-order valence-electron chi connectivity index (χ2n) is 7.22. The number of nitrogens with zero attached hydrogens (tertiary/aromatic N) is 2. The van der Waals surface area contributed by atoms with Gasteiger partial charge in [-0.05, 0) is 80.1 Å². The third-order valence-electron chi connectivity index (χ3n) is 5.10. The van der Waals surface area contributed by atoms with E-state index in [1.165, 1.54) is 0 Å². The van der Waals surface area contributed by atoms with Gasteiger partial charge in [0.25, 0.3) is 0 Å². The Labute approximate surface area is 157 Å². The molecule has 134 valence electrons. The second-order valence-corrected chi connectivity index (χ2v) is 7.22. The molecule has 0 fully saturated rings. The summed E-state index contributed by atoms with van der Waals surface area (Å²) in [6.07, 6.45) is 20.5. The van der Waals surface area contributed by atoms with Crippen LogP contribution in [0.2, 0.25) is 0 Å². The molecule has 5 rings (SSSR count). The SMILES string of the molecule is NCCC12C=C3C=CC(=N3)C=c3ccc([nH]3)=CC3=NC(=CC(=CC1)N2)C=C3. The number of H-pyrrole nitrogens is 1. The van der Waals surface area contributed by atoms with E-state index >= 15 is 0 Å². The van der Waals surface area contributed by atoms with Crippen molar-refractivity contribution in [2.45, 2.75) is 18.4 Å². The molecule has 1 unspecified atom stereocenters. The fraction of sp³-hybridized carbons (Fsp3) is 0.182. The van der Waals surface area contributed by atoms with Crippen LogP contribution in [-0.4, -0.2) is 28.5 Å². The highest BCUT2D eigenvalue weighted by atomic mass is 15.0. The Balaban J connectivity index is 1.65. The van der Waals surface area contributed by atoms with Crippen LogP contribution in [0.15, 0.2) is 81.7 Å². The highest BCUT2D eigenvalue weighted by Crippen LogP contribution is 2.30. The number of fused-ring (bicyclic) bond motifs is 6. The van der Waals surface area contributed by atoms with E-state index in [0.29, 0.717) is 6.54 Å². The molecule has 4 aliphatic rings. The lowest BCUT2D eigenvalue weighted by molar-refractivity contribution is 0.448. The van der Waals surface area contributed by atoms with Gasteiger partial charge in [-0.25, -0.2) is 9.98 Å². The fourth-order valence-corrected chi connectivity index (χ4v) is 3.84. The van der Waals surface area contributed by atoms with Crippen molar-refractivity contribution in [3.8, 4) is 0 Å². The summed E-state index contributed by atoms with van der Waals surface area (Å²) < 4.78 is 0. The summed E-state index contributed by atoms with van der Waals surface area (Å²) in [4.78, 5) is 12.9. The van der Waals surface area contributed by atoms with Gasteiger partial charge in [-0.3, -0.25) is 0 Å². The van der Waals surface area contributed by atoms with Crippen molar-refractivity contribution in [2.75, 3.05) is 6.54 Å². The average molecular weight is 355 g/mol. The minimum atomic E-state index is -0.197. The van der Waals surface area contributed by atoms with Gasteiger partial charge in [0.2, 0.25) is 0 Å². The summed E-state index contributed by atoms with van der Waals surface area (Å²) in [5, 5.41) is 5.70. The van der Waals surface area contributed by atoms with Crippen LogP contribution in [0.25, 0.3) is 12.2 Å². The summed E-state index contributed by atoms with van der Waals surface area (Å²) in [6, 6.07) is 4.11. The summed E-state index contributed by atoms with van der Waals surface area (Å²) in [5.41, 5.74) is 10.6. The zero-order valence-corrected chi connectivity index (χ0v) is 14.9. The molecule has 4 aliphatic heterocycles. The van der Waals surface area contributed by atoms with Gasteiger partial charge >= 0.3 is 0 Å². The number of rotatable bonds is 2. The van der Waals surface area contributed by atoms with Crippen molar-refractivity contribution in [3.05, 3.63) is 82.5 Å². The molecule has 1 atom stereocenters. The van der Waals surface area contributed by atoms with E-state index in [4.69, 9.17) is 15.7 Å². The van der Waals surface area contributed by atoms with Gasteiger partial charge < -0.3 is 16.0 Å². The van der Waals surface area contributed by atoms with Gasteiger partial charge in [-0.2, -0.15) is 0 Å². The molecule has 4 N–H and O–H groups in total. The Morgan fingerprint density at radius 1 is 0.926 bits per heavy atom. The lowest BCUT2D eigenvalue weighted by Gasteiger charge is -2.27. The molecule has 0 radical (unpaired) electrons. The van der Waals surface area contributed by atoms with Crippen molar-refractivity contribution >= 4 is 23.6 Å².